The quantitative estimate of drug-likeness (QED) is 0.617. The molecule has 1 aromatic carbocycles. The van der Waals surface area contributed by atoms with Gasteiger partial charge in [0.2, 0.25) is 10.0 Å². The Morgan fingerprint density at radius 1 is 1.40 bits per heavy atom. The third kappa shape index (κ3) is 3.37. The zero-order valence-electron chi connectivity index (χ0n) is 11.3. The lowest BCUT2D eigenvalue weighted by Gasteiger charge is -2.10. The van der Waals surface area contributed by atoms with Crippen LogP contribution in [0, 0.1) is 6.92 Å². The number of nitrogen functional groups attached to an aromatic ring is 1. The molecule has 0 saturated heterocycles. The third-order valence-corrected chi connectivity index (χ3v) is 4.67. The molecule has 20 heavy (non-hydrogen) atoms. The summed E-state index contributed by atoms with van der Waals surface area (Å²) >= 11 is 0. The monoisotopic (exact) mass is 294 g/mol. The summed E-state index contributed by atoms with van der Waals surface area (Å²) in [6, 6.07) is 4.89. The van der Waals surface area contributed by atoms with Crippen LogP contribution in [0.25, 0.3) is 0 Å². The van der Waals surface area contributed by atoms with Gasteiger partial charge in [0.25, 0.3) is 0 Å². The van der Waals surface area contributed by atoms with Crippen molar-refractivity contribution in [1.82, 2.24) is 14.3 Å². The minimum atomic E-state index is -3.51. The van der Waals surface area contributed by atoms with E-state index in [9.17, 15) is 8.42 Å². The fourth-order valence-electron chi connectivity index (χ4n) is 1.89. The SMILES string of the molecule is Cc1c(N)cccc1S(=O)(=O)NCCCn1ccnc1. The molecule has 0 aliphatic heterocycles. The number of imidazole rings is 1. The van der Waals surface area contributed by atoms with E-state index in [2.05, 4.69) is 9.71 Å². The van der Waals surface area contributed by atoms with Crippen molar-refractivity contribution in [3.05, 3.63) is 42.5 Å². The molecule has 1 aromatic heterocycles. The van der Waals surface area contributed by atoms with Crippen molar-refractivity contribution in [1.29, 1.82) is 0 Å². The Morgan fingerprint density at radius 2 is 2.20 bits per heavy atom. The van der Waals surface area contributed by atoms with Crippen LogP contribution in [0.4, 0.5) is 5.69 Å². The number of benzene rings is 1. The summed E-state index contributed by atoms with van der Waals surface area (Å²) in [5.41, 5.74) is 6.79. The number of nitrogens with zero attached hydrogens (tertiary/aromatic N) is 2. The van der Waals surface area contributed by atoms with Gasteiger partial charge in [0, 0.05) is 31.2 Å². The second-order valence-electron chi connectivity index (χ2n) is 4.52. The van der Waals surface area contributed by atoms with E-state index in [1.807, 2.05) is 10.8 Å². The van der Waals surface area contributed by atoms with Gasteiger partial charge in [0.1, 0.15) is 0 Å². The Hall–Kier alpha value is -1.86. The third-order valence-electron chi connectivity index (χ3n) is 3.06. The summed E-state index contributed by atoms with van der Waals surface area (Å²) < 4.78 is 28.9. The Kier molecular flexibility index (Phi) is 4.41. The van der Waals surface area contributed by atoms with E-state index >= 15 is 0 Å². The minimum absolute atomic E-state index is 0.236. The topological polar surface area (TPSA) is 90.0 Å². The number of nitrogens with two attached hydrogens (primary N) is 1. The average Bonchev–Trinajstić information content (AvgIpc) is 2.91. The van der Waals surface area contributed by atoms with Gasteiger partial charge in [-0.2, -0.15) is 0 Å². The predicted octanol–water partition coefficient (Wildman–Crippen LogP) is 1.14. The predicted molar refractivity (Wildman–Crippen MR) is 77.6 cm³/mol. The highest BCUT2D eigenvalue weighted by molar-refractivity contribution is 7.89. The van der Waals surface area contributed by atoms with Crippen molar-refractivity contribution in [2.45, 2.75) is 24.8 Å². The second-order valence-corrected chi connectivity index (χ2v) is 6.26. The van der Waals surface area contributed by atoms with Crippen LogP contribution in [0.5, 0.6) is 0 Å². The average molecular weight is 294 g/mol. The number of anilines is 1. The van der Waals surface area contributed by atoms with Gasteiger partial charge in [-0.05, 0) is 31.0 Å². The van der Waals surface area contributed by atoms with E-state index in [1.54, 1.807) is 37.6 Å². The van der Waals surface area contributed by atoms with Gasteiger partial charge >= 0.3 is 0 Å². The maximum Gasteiger partial charge on any atom is 0.240 e. The standard InChI is InChI=1S/C13H18N4O2S/c1-11-12(14)4-2-5-13(11)20(18,19)16-6-3-8-17-9-7-15-10-17/h2,4-5,7,9-10,16H,3,6,8,14H2,1H3. The van der Waals surface area contributed by atoms with Crippen LogP contribution in [0.1, 0.15) is 12.0 Å². The summed E-state index contributed by atoms with van der Waals surface area (Å²) in [5, 5.41) is 0. The largest absolute Gasteiger partial charge is 0.398 e. The van der Waals surface area contributed by atoms with Gasteiger partial charge in [-0.15, -0.1) is 0 Å². The van der Waals surface area contributed by atoms with E-state index in [-0.39, 0.29) is 4.90 Å². The molecule has 0 saturated carbocycles. The molecule has 0 aliphatic rings. The molecule has 1 heterocycles. The van der Waals surface area contributed by atoms with E-state index in [1.165, 1.54) is 0 Å². The minimum Gasteiger partial charge on any atom is -0.398 e. The molecule has 0 unspecified atom stereocenters. The highest BCUT2D eigenvalue weighted by Crippen LogP contribution is 2.20. The van der Waals surface area contributed by atoms with E-state index in [4.69, 9.17) is 5.73 Å². The summed E-state index contributed by atoms with van der Waals surface area (Å²) in [6.07, 6.45) is 5.93. The van der Waals surface area contributed by atoms with Gasteiger partial charge in [-0.1, -0.05) is 6.07 Å². The molecule has 0 spiro atoms. The van der Waals surface area contributed by atoms with Crippen molar-refractivity contribution in [3.8, 4) is 0 Å². The molecule has 0 aliphatic carbocycles. The molecule has 7 heteroatoms. The van der Waals surface area contributed by atoms with Crippen molar-refractivity contribution >= 4 is 15.7 Å². The zero-order chi connectivity index (χ0) is 14.6. The van der Waals surface area contributed by atoms with Crippen LogP contribution in [-0.2, 0) is 16.6 Å². The van der Waals surface area contributed by atoms with Crippen LogP contribution < -0.4 is 10.5 Å². The molecule has 0 radical (unpaired) electrons. The van der Waals surface area contributed by atoms with E-state index in [0.29, 0.717) is 24.2 Å². The zero-order valence-corrected chi connectivity index (χ0v) is 12.1. The lowest BCUT2D eigenvalue weighted by atomic mass is 10.2. The molecule has 0 bridgehead atoms. The van der Waals surface area contributed by atoms with Crippen molar-refractivity contribution in [2.24, 2.45) is 0 Å². The molecule has 6 nitrogen and oxygen atoms in total. The van der Waals surface area contributed by atoms with E-state index in [0.717, 1.165) is 6.54 Å². The van der Waals surface area contributed by atoms with Gasteiger partial charge < -0.3 is 10.3 Å². The fourth-order valence-corrected chi connectivity index (χ4v) is 3.23. The summed E-state index contributed by atoms with van der Waals surface area (Å²) in [4.78, 5) is 4.17. The molecule has 0 amide bonds. The Bertz CT molecular complexity index is 666. The normalized spacial score (nSPS) is 11.7. The number of nitrogens with one attached hydrogen (secondary N) is 1. The van der Waals surface area contributed by atoms with Crippen molar-refractivity contribution in [2.75, 3.05) is 12.3 Å². The van der Waals surface area contributed by atoms with Crippen LogP contribution >= 0.6 is 0 Å². The number of aromatic nitrogens is 2. The highest BCUT2D eigenvalue weighted by atomic mass is 32.2. The van der Waals surface area contributed by atoms with Crippen molar-refractivity contribution in [3.63, 3.8) is 0 Å². The molecular weight excluding hydrogens is 276 g/mol. The molecule has 3 N–H and O–H groups in total. The first-order valence-electron chi connectivity index (χ1n) is 6.31. The van der Waals surface area contributed by atoms with Gasteiger partial charge in [-0.3, -0.25) is 0 Å². The van der Waals surface area contributed by atoms with Crippen LogP contribution in [0.15, 0.2) is 41.8 Å². The Labute approximate surface area is 118 Å². The summed E-state index contributed by atoms with van der Waals surface area (Å²) in [5.74, 6) is 0. The Balaban J connectivity index is 1.95. The molecule has 2 aromatic rings. The fraction of sp³-hybridized carbons (Fsp3) is 0.308. The molecular formula is C13H18N4O2S. The van der Waals surface area contributed by atoms with Gasteiger partial charge in [0.15, 0.2) is 0 Å². The molecule has 2 rings (SSSR count). The van der Waals surface area contributed by atoms with Crippen LogP contribution in [0.2, 0.25) is 0 Å². The number of hydrogen-bond acceptors (Lipinski definition) is 4. The first-order chi connectivity index (χ1) is 9.50. The first-order valence-corrected chi connectivity index (χ1v) is 7.79. The van der Waals surface area contributed by atoms with Gasteiger partial charge in [-0.25, -0.2) is 18.1 Å². The first kappa shape index (κ1) is 14.5. The smallest absolute Gasteiger partial charge is 0.240 e. The molecule has 0 atom stereocenters. The number of rotatable bonds is 6. The summed E-state index contributed by atoms with van der Waals surface area (Å²) in [6.45, 7) is 2.79. The number of aryl methyl sites for hydroxylation is 1. The lowest BCUT2D eigenvalue weighted by Crippen LogP contribution is -2.26. The maximum atomic E-state index is 12.2. The van der Waals surface area contributed by atoms with Gasteiger partial charge in [0.05, 0.1) is 11.2 Å². The van der Waals surface area contributed by atoms with Crippen molar-refractivity contribution < 1.29 is 8.42 Å². The lowest BCUT2D eigenvalue weighted by molar-refractivity contribution is 0.569. The Morgan fingerprint density at radius 3 is 2.90 bits per heavy atom. The highest BCUT2D eigenvalue weighted by Gasteiger charge is 2.16. The van der Waals surface area contributed by atoms with E-state index < -0.39 is 10.0 Å². The second kappa shape index (κ2) is 6.06. The van der Waals surface area contributed by atoms with Crippen LogP contribution in [-0.4, -0.2) is 24.5 Å². The summed E-state index contributed by atoms with van der Waals surface area (Å²) in [7, 11) is -3.51. The maximum absolute atomic E-state index is 12.2. The number of hydrogen-bond donors (Lipinski definition) is 2. The number of sulfonamides is 1. The molecule has 108 valence electrons. The van der Waals surface area contributed by atoms with Crippen LogP contribution in [0.3, 0.4) is 0 Å². The molecule has 0 fully saturated rings.